The Hall–Kier alpha value is -1.35. The Balaban J connectivity index is 0.00000225. The van der Waals surface area contributed by atoms with Gasteiger partial charge < -0.3 is 10.4 Å². The van der Waals surface area contributed by atoms with Gasteiger partial charge in [0.05, 0.1) is 6.10 Å². The normalized spacial score (nSPS) is 22.6. The van der Waals surface area contributed by atoms with E-state index in [-0.39, 0.29) is 24.6 Å². The quantitative estimate of drug-likeness (QED) is 0.693. The molecule has 2 aromatic carbocycles. The van der Waals surface area contributed by atoms with Gasteiger partial charge >= 0.3 is 0 Å². The lowest BCUT2D eigenvalue weighted by atomic mass is 9.96. The summed E-state index contributed by atoms with van der Waals surface area (Å²) in [7, 11) is 0. The summed E-state index contributed by atoms with van der Waals surface area (Å²) in [5, 5.41) is 13.8. The number of benzene rings is 2. The zero-order chi connectivity index (χ0) is 16.8. The second-order valence-corrected chi connectivity index (χ2v) is 7.09. The van der Waals surface area contributed by atoms with Gasteiger partial charge in [-0.05, 0) is 54.8 Å². The standard InChI is InChI=1S/C22H29NO.ClH/c1-2-3-13-23-21-15-18(16-22(21)24)14-17-9-11-20(12-10-17)19-7-5-4-6-8-19;/h4-12,18,21-24H,2-3,13-16H2,1H3;1H/t18-,21+,22+;/m0./s1. The minimum Gasteiger partial charge on any atom is -0.391 e. The first-order valence-electron chi connectivity index (χ1n) is 9.32. The number of hydrogen-bond donors (Lipinski definition) is 2. The first kappa shape index (κ1) is 20.0. The Morgan fingerprint density at radius 3 is 2.32 bits per heavy atom. The fourth-order valence-electron chi connectivity index (χ4n) is 3.77. The lowest BCUT2D eigenvalue weighted by Crippen LogP contribution is -2.36. The maximum Gasteiger partial charge on any atom is 0.0696 e. The number of aliphatic hydroxyl groups is 1. The van der Waals surface area contributed by atoms with E-state index in [1.165, 1.54) is 29.5 Å². The maximum atomic E-state index is 10.3. The zero-order valence-corrected chi connectivity index (χ0v) is 15.8. The lowest BCUT2D eigenvalue weighted by molar-refractivity contribution is 0.147. The van der Waals surface area contributed by atoms with E-state index in [2.05, 4.69) is 60.8 Å². The summed E-state index contributed by atoms with van der Waals surface area (Å²) < 4.78 is 0. The summed E-state index contributed by atoms with van der Waals surface area (Å²) in [6.45, 7) is 3.23. The van der Waals surface area contributed by atoms with E-state index in [9.17, 15) is 5.11 Å². The van der Waals surface area contributed by atoms with Crippen molar-refractivity contribution in [2.24, 2.45) is 5.92 Å². The maximum absolute atomic E-state index is 10.3. The van der Waals surface area contributed by atoms with Crippen molar-refractivity contribution < 1.29 is 5.11 Å². The SMILES string of the molecule is CCCCN[C@@H]1C[C@H](Cc2ccc(-c3ccccc3)cc2)C[C@H]1O.Cl. The highest BCUT2D eigenvalue weighted by atomic mass is 35.5. The van der Waals surface area contributed by atoms with Crippen LogP contribution in [0.25, 0.3) is 11.1 Å². The van der Waals surface area contributed by atoms with E-state index < -0.39 is 0 Å². The zero-order valence-electron chi connectivity index (χ0n) is 15.0. The van der Waals surface area contributed by atoms with Crippen molar-refractivity contribution in [1.29, 1.82) is 0 Å². The van der Waals surface area contributed by atoms with Crippen molar-refractivity contribution in [3.8, 4) is 11.1 Å². The van der Waals surface area contributed by atoms with Gasteiger partial charge in [-0.25, -0.2) is 0 Å². The Kier molecular flexibility index (Phi) is 7.95. The summed E-state index contributed by atoms with van der Waals surface area (Å²) in [5.41, 5.74) is 3.91. The van der Waals surface area contributed by atoms with Gasteiger partial charge in [-0.3, -0.25) is 0 Å². The predicted octanol–water partition coefficient (Wildman–Crippen LogP) is 4.85. The Bertz CT molecular complexity index is 614. The van der Waals surface area contributed by atoms with E-state index in [1.807, 2.05) is 6.07 Å². The van der Waals surface area contributed by atoms with E-state index in [0.29, 0.717) is 5.92 Å². The molecule has 0 aromatic heterocycles. The molecule has 0 amide bonds. The molecule has 1 aliphatic carbocycles. The van der Waals surface area contributed by atoms with Crippen LogP contribution in [0.1, 0.15) is 38.2 Å². The first-order chi connectivity index (χ1) is 11.8. The molecule has 0 radical (unpaired) electrons. The van der Waals surface area contributed by atoms with Crippen LogP contribution in [0.2, 0.25) is 0 Å². The van der Waals surface area contributed by atoms with Crippen LogP contribution in [-0.2, 0) is 6.42 Å². The number of rotatable bonds is 7. The number of hydrogen-bond acceptors (Lipinski definition) is 2. The van der Waals surface area contributed by atoms with Gasteiger partial charge in [-0.15, -0.1) is 12.4 Å². The number of unbranched alkanes of at least 4 members (excludes halogenated alkanes) is 1. The van der Waals surface area contributed by atoms with Gasteiger partial charge in [0.15, 0.2) is 0 Å². The summed E-state index contributed by atoms with van der Waals surface area (Å²) >= 11 is 0. The van der Waals surface area contributed by atoms with Crippen molar-refractivity contribution in [2.75, 3.05) is 6.54 Å². The highest BCUT2D eigenvalue weighted by Crippen LogP contribution is 2.30. The Morgan fingerprint density at radius 1 is 0.960 bits per heavy atom. The first-order valence-corrected chi connectivity index (χ1v) is 9.32. The summed E-state index contributed by atoms with van der Waals surface area (Å²) in [4.78, 5) is 0. The van der Waals surface area contributed by atoms with Gasteiger partial charge in [-0.2, -0.15) is 0 Å². The van der Waals surface area contributed by atoms with Gasteiger partial charge in [0, 0.05) is 6.04 Å². The van der Waals surface area contributed by atoms with Gasteiger partial charge in [0.25, 0.3) is 0 Å². The smallest absolute Gasteiger partial charge is 0.0696 e. The fourth-order valence-corrected chi connectivity index (χ4v) is 3.77. The molecule has 0 aliphatic heterocycles. The van der Waals surface area contributed by atoms with Crippen LogP contribution in [0.3, 0.4) is 0 Å². The fraction of sp³-hybridized carbons (Fsp3) is 0.455. The summed E-state index contributed by atoms with van der Waals surface area (Å²) in [5.74, 6) is 0.585. The molecule has 1 fully saturated rings. The molecule has 1 aliphatic rings. The molecule has 0 unspecified atom stereocenters. The van der Waals surface area contributed by atoms with Gasteiger partial charge in [0.2, 0.25) is 0 Å². The van der Waals surface area contributed by atoms with Crippen molar-refractivity contribution in [2.45, 2.75) is 51.2 Å². The average molecular weight is 360 g/mol. The third-order valence-electron chi connectivity index (χ3n) is 5.15. The number of halogens is 1. The Labute approximate surface area is 158 Å². The lowest BCUT2D eigenvalue weighted by Gasteiger charge is -2.16. The Morgan fingerprint density at radius 2 is 1.64 bits per heavy atom. The van der Waals surface area contributed by atoms with Crippen molar-refractivity contribution >= 4 is 12.4 Å². The minimum absolute atomic E-state index is 0. The third kappa shape index (κ3) is 5.57. The third-order valence-corrected chi connectivity index (χ3v) is 5.15. The molecule has 25 heavy (non-hydrogen) atoms. The molecule has 0 spiro atoms. The minimum atomic E-state index is -0.185. The van der Waals surface area contributed by atoms with Crippen LogP contribution in [-0.4, -0.2) is 23.8 Å². The van der Waals surface area contributed by atoms with E-state index in [0.717, 1.165) is 25.8 Å². The summed E-state index contributed by atoms with van der Waals surface area (Å²) in [6, 6.07) is 19.7. The highest BCUT2D eigenvalue weighted by Gasteiger charge is 2.32. The molecule has 0 saturated heterocycles. The van der Waals surface area contributed by atoms with Crippen molar-refractivity contribution in [3.63, 3.8) is 0 Å². The molecule has 3 atom stereocenters. The molecule has 0 heterocycles. The van der Waals surface area contributed by atoms with Crippen LogP contribution < -0.4 is 5.32 Å². The molecule has 2 nitrogen and oxygen atoms in total. The second kappa shape index (κ2) is 9.96. The molecule has 0 bridgehead atoms. The molecule has 2 aromatic rings. The topological polar surface area (TPSA) is 32.3 Å². The van der Waals surface area contributed by atoms with Crippen LogP contribution in [0.5, 0.6) is 0 Å². The number of aliphatic hydroxyl groups excluding tert-OH is 1. The van der Waals surface area contributed by atoms with E-state index >= 15 is 0 Å². The molecule has 2 N–H and O–H groups in total. The monoisotopic (exact) mass is 359 g/mol. The average Bonchev–Trinajstić information content (AvgIpc) is 2.96. The van der Waals surface area contributed by atoms with Crippen LogP contribution in [0.4, 0.5) is 0 Å². The van der Waals surface area contributed by atoms with Crippen LogP contribution in [0.15, 0.2) is 54.6 Å². The van der Waals surface area contributed by atoms with Gasteiger partial charge in [0.1, 0.15) is 0 Å². The van der Waals surface area contributed by atoms with E-state index in [1.54, 1.807) is 0 Å². The molecule has 3 rings (SSSR count). The number of nitrogens with one attached hydrogen (secondary N) is 1. The van der Waals surface area contributed by atoms with Crippen LogP contribution in [0, 0.1) is 5.92 Å². The second-order valence-electron chi connectivity index (χ2n) is 7.09. The molecule has 136 valence electrons. The molecular weight excluding hydrogens is 330 g/mol. The largest absolute Gasteiger partial charge is 0.391 e. The van der Waals surface area contributed by atoms with Crippen molar-refractivity contribution in [1.82, 2.24) is 5.32 Å². The highest BCUT2D eigenvalue weighted by molar-refractivity contribution is 5.85. The predicted molar refractivity (Wildman–Crippen MR) is 108 cm³/mol. The molecule has 1 saturated carbocycles. The van der Waals surface area contributed by atoms with Crippen molar-refractivity contribution in [3.05, 3.63) is 60.2 Å². The molecule has 3 heteroatoms. The molecular formula is C22H30ClNO. The van der Waals surface area contributed by atoms with E-state index in [4.69, 9.17) is 0 Å². The van der Waals surface area contributed by atoms with Crippen LogP contribution >= 0.6 is 12.4 Å². The summed E-state index contributed by atoms with van der Waals surface area (Å²) in [6.07, 6.45) is 5.28. The van der Waals surface area contributed by atoms with Gasteiger partial charge in [-0.1, -0.05) is 67.9 Å².